The minimum atomic E-state index is -0.546. The summed E-state index contributed by atoms with van der Waals surface area (Å²) >= 11 is 6.22. The van der Waals surface area contributed by atoms with E-state index in [1.54, 1.807) is 41.3 Å². The van der Waals surface area contributed by atoms with Crippen molar-refractivity contribution in [3.05, 3.63) is 88.4 Å². The van der Waals surface area contributed by atoms with Gasteiger partial charge in [0.05, 0.1) is 23.8 Å². The zero-order valence-corrected chi connectivity index (χ0v) is 21.0. The summed E-state index contributed by atoms with van der Waals surface area (Å²) in [5.41, 5.74) is 3.18. The molecule has 1 saturated heterocycles. The molecule has 1 atom stereocenters. The largest absolute Gasteiger partial charge is 0.494 e. The van der Waals surface area contributed by atoms with Gasteiger partial charge in [-0.2, -0.15) is 0 Å². The van der Waals surface area contributed by atoms with Gasteiger partial charge in [0.25, 0.3) is 5.91 Å². The first kappa shape index (κ1) is 25.3. The summed E-state index contributed by atoms with van der Waals surface area (Å²) in [6.45, 7) is 4.94. The predicted molar refractivity (Wildman–Crippen MR) is 141 cm³/mol. The predicted octanol–water partition coefficient (Wildman–Crippen LogP) is 4.97. The van der Waals surface area contributed by atoms with Crippen molar-refractivity contribution < 1.29 is 19.1 Å². The Hall–Kier alpha value is -3.84. The van der Waals surface area contributed by atoms with Gasteiger partial charge in [-0.1, -0.05) is 41.9 Å². The number of carbonyl (C=O) groups excluding carboxylic acids is 3. The summed E-state index contributed by atoms with van der Waals surface area (Å²) in [5, 5.41) is 6.31. The van der Waals surface area contributed by atoms with Crippen molar-refractivity contribution in [1.29, 1.82) is 0 Å². The highest BCUT2D eigenvalue weighted by Crippen LogP contribution is 2.32. The van der Waals surface area contributed by atoms with Crippen molar-refractivity contribution in [3.8, 4) is 5.75 Å². The monoisotopic (exact) mass is 505 g/mol. The van der Waals surface area contributed by atoms with Gasteiger partial charge in [0.15, 0.2) is 0 Å². The molecule has 186 valence electrons. The number of benzene rings is 3. The maximum absolute atomic E-state index is 13.1. The molecular weight excluding hydrogens is 478 g/mol. The maximum atomic E-state index is 13.1. The number of halogens is 1. The van der Waals surface area contributed by atoms with Crippen molar-refractivity contribution in [2.24, 2.45) is 5.92 Å². The fourth-order valence-electron chi connectivity index (χ4n) is 4.18. The lowest BCUT2D eigenvalue weighted by molar-refractivity contribution is -0.122. The van der Waals surface area contributed by atoms with Crippen LogP contribution < -0.4 is 20.3 Å². The molecule has 0 unspecified atom stereocenters. The summed E-state index contributed by atoms with van der Waals surface area (Å²) in [4.78, 5) is 40.3. The molecular formula is C28H28ClN3O4. The van der Waals surface area contributed by atoms with E-state index in [9.17, 15) is 14.4 Å². The van der Waals surface area contributed by atoms with Gasteiger partial charge in [0.1, 0.15) is 5.75 Å². The highest BCUT2D eigenvalue weighted by molar-refractivity contribution is 6.31. The molecule has 2 N–H and O–H groups in total. The fourth-order valence-corrected chi connectivity index (χ4v) is 4.35. The van der Waals surface area contributed by atoms with Crippen LogP contribution in [0.15, 0.2) is 66.7 Å². The van der Waals surface area contributed by atoms with Crippen LogP contribution in [0.2, 0.25) is 5.02 Å². The van der Waals surface area contributed by atoms with Crippen LogP contribution in [0.5, 0.6) is 5.75 Å². The zero-order valence-electron chi connectivity index (χ0n) is 20.2. The van der Waals surface area contributed by atoms with Gasteiger partial charge in [-0.05, 0) is 61.4 Å². The van der Waals surface area contributed by atoms with Crippen LogP contribution in [0.4, 0.5) is 11.4 Å². The summed E-state index contributed by atoms with van der Waals surface area (Å²) in [5.74, 6) is -0.524. The lowest BCUT2D eigenvalue weighted by Crippen LogP contribution is -2.29. The Morgan fingerprint density at radius 1 is 1.06 bits per heavy atom. The van der Waals surface area contributed by atoms with E-state index in [4.69, 9.17) is 16.3 Å². The van der Waals surface area contributed by atoms with E-state index in [1.165, 1.54) is 0 Å². The number of rotatable bonds is 8. The molecule has 1 aliphatic heterocycles. The van der Waals surface area contributed by atoms with Gasteiger partial charge in [-0.25, -0.2) is 0 Å². The Kier molecular flexibility index (Phi) is 7.90. The molecule has 4 rings (SSSR count). The zero-order chi connectivity index (χ0) is 25.7. The third-order valence-corrected chi connectivity index (χ3v) is 6.55. The Morgan fingerprint density at radius 2 is 1.81 bits per heavy atom. The second kappa shape index (κ2) is 11.3. The van der Waals surface area contributed by atoms with Gasteiger partial charge in [-0.3, -0.25) is 14.4 Å². The topological polar surface area (TPSA) is 87.7 Å². The molecule has 0 radical (unpaired) electrons. The van der Waals surface area contributed by atoms with Crippen LogP contribution in [-0.2, 0) is 16.1 Å². The van der Waals surface area contributed by atoms with E-state index in [0.717, 1.165) is 16.9 Å². The number of nitrogens with one attached hydrogen (secondary N) is 2. The third kappa shape index (κ3) is 5.69. The van der Waals surface area contributed by atoms with Crippen LogP contribution in [0.3, 0.4) is 0 Å². The van der Waals surface area contributed by atoms with Crippen molar-refractivity contribution in [2.75, 3.05) is 23.4 Å². The Labute approximate surface area is 215 Å². The number of anilines is 2. The van der Waals surface area contributed by atoms with Gasteiger partial charge >= 0.3 is 0 Å². The molecule has 0 aromatic heterocycles. The standard InChI is InChI=1S/C28H28ClN3O4/c1-3-36-21-13-11-19(12-14-21)16-30-28(35)22-7-4-5-9-24(22)31-27(34)20-15-26(33)32(17-20)25-10-6-8-23(29)18(25)2/h4-14,20H,3,15-17H2,1-2H3,(H,30,35)(H,31,34)/t20-/m0/s1. The molecule has 0 spiro atoms. The number of nitrogens with zero attached hydrogens (tertiary/aromatic N) is 1. The number of para-hydroxylation sites is 1. The molecule has 8 heteroatoms. The van der Waals surface area contributed by atoms with Crippen LogP contribution in [0.1, 0.15) is 34.8 Å². The Bertz CT molecular complexity index is 1280. The van der Waals surface area contributed by atoms with Crippen LogP contribution >= 0.6 is 11.6 Å². The smallest absolute Gasteiger partial charge is 0.253 e. The summed E-state index contributed by atoms with van der Waals surface area (Å²) in [7, 11) is 0. The second-order valence-electron chi connectivity index (χ2n) is 8.58. The van der Waals surface area contributed by atoms with Crippen LogP contribution in [-0.4, -0.2) is 30.9 Å². The van der Waals surface area contributed by atoms with Gasteiger partial charge in [0, 0.05) is 30.2 Å². The first-order chi connectivity index (χ1) is 17.4. The maximum Gasteiger partial charge on any atom is 0.253 e. The number of carbonyl (C=O) groups is 3. The number of hydrogen-bond acceptors (Lipinski definition) is 4. The molecule has 0 saturated carbocycles. The molecule has 1 aliphatic rings. The normalized spacial score (nSPS) is 15.0. The molecule has 1 fully saturated rings. The third-order valence-electron chi connectivity index (χ3n) is 6.14. The van der Waals surface area contributed by atoms with E-state index < -0.39 is 5.92 Å². The first-order valence-electron chi connectivity index (χ1n) is 11.8. The summed E-state index contributed by atoms with van der Waals surface area (Å²) in [6.07, 6.45) is 0.0872. The number of ether oxygens (including phenoxy) is 1. The molecule has 0 aliphatic carbocycles. The molecule has 3 aromatic carbocycles. The minimum absolute atomic E-state index is 0.0872. The minimum Gasteiger partial charge on any atom is -0.494 e. The van der Waals surface area contributed by atoms with Crippen molar-refractivity contribution in [1.82, 2.24) is 5.32 Å². The molecule has 7 nitrogen and oxygen atoms in total. The number of amides is 3. The lowest BCUT2D eigenvalue weighted by Gasteiger charge is -2.20. The average Bonchev–Trinajstić information content (AvgIpc) is 3.27. The molecule has 3 amide bonds. The Balaban J connectivity index is 1.40. The van der Waals surface area contributed by atoms with E-state index in [2.05, 4.69) is 10.6 Å². The van der Waals surface area contributed by atoms with Crippen molar-refractivity contribution in [3.63, 3.8) is 0 Å². The quantitative estimate of drug-likeness (QED) is 0.452. The van der Waals surface area contributed by atoms with Crippen LogP contribution in [0, 0.1) is 12.8 Å². The van der Waals surface area contributed by atoms with E-state index in [-0.39, 0.29) is 30.7 Å². The molecule has 36 heavy (non-hydrogen) atoms. The molecule has 0 bridgehead atoms. The van der Waals surface area contributed by atoms with E-state index in [1.807, 2.05) is 44.2 Å². The first-order valence-corrected chi connectivity index (χ1v) is 12.2. The second-order valence-corrected chi connectivity index (χ2v) is 8.99. The lowest BCUT2D eigenvalue weighted by atomic mass is 10.1. The van der Waals surface area contributed by atoms with Gasteiger partial charge in [0.2, 0.25) is 11.8 Å². The van der Waals surface area contributed by atoms with Gasteiger partial charge in [-0.15, -0.1) is 0 Å². The fraction of sp³-hybridized carbons (Fsp3) is 0.250. The summed E-state index contributed by atoms with van der Waals surface area (Å²) < 4.78 is 5.44. The molecule has 3 aromatic rings. The molecule has 1 heterocycles. The van der Waals surface area contributed by atoms with Crippen LogP contribution in [0.25, 0.3) is 0 Å². The van der Waals surface area contributed by atoms with E-state index in [0.29, 0.717) is 35.1 Å². The van der Waals surface area contributed by atoms with Gasteiger partial charge < -0.3 is 20.3 Å². The van der Waals surface area contributed by atoms with Crippen molar-refractivity contribution in [2.45, 2.75) is 26.8 Å². The van der Waals surface area contributed by atoms with E-state index >= 15 is 0 Å². The SMILES string of the molecule is CCOc1ccc(CNC(=O)c2ccccc2NC(=O)[C@H]2CC(=O)N(c3cccc(Cl)c3C)C2)cc1. The highest BCUT2D eigenvalue weighted by Gasteiger charge is 2.36. The van der Waals surface area contributed by atoms with Crippen molar-refractivity contribution >= 4 is 40.7 Å². The number of hydrogen-bond donors (Lipinski definition) is 2. The average molecular weight is 506 g/mol. The summed E-state index contributed by atoms with van der Waals surface area (Å²) in [6, 6.07) is 19.7. The highest BCUT2D eigenvalue weighted by atomic mass is 35.5. The Morgan fingerprint density at radius 3 is 2.56 bits per heavy atom.